The normalized spacial score (nSPS) is 12.0. The number of hydrogen-bond acceptors (Lipinski definition) is 3. The van der Waals surface area contributed by atoms with Crippen LogP contribution in [0.25, 0.3) is 17.0 Å². The molecule has 5 nitrogen and oxygen atoms in total. The van der Waals surface area contributed by atoms with Gasteiger partial charge in [0.15, 0.2) is 11.5 Å². The predicted molar refractivity (Wildman–Crippen MR) is 126 cm³/mol. The van der Waals surface area contributed by atoms with Crippen LogP contribution in [-0.4, -0.2) is 25.3 Å². The molecule has 31 heavy (non-hydrogen) atoms. The van der Waals surface area contributed by atoms with E-state index in [-0.39, 0.29) is 11.3 Å². The Morgan fingerprint density at radius 3 is 2.00 bits per heavy atom. The molecule has 0 saturated carbocycles. The Kier molecular flexibility index (Phi) is 5.23. The molecular formula is C24H24Cl2N4O. The lowest BCUT2D eigenvalue weighted by molar-refractivity contribution is 0.0950. The molecule has 4 rings (SSSR count). The lowest BCUT2D eigenvalue weighted by Gasteiger charge is -2.14. The number of carbonyl (C=O) groups is 1. The van der Waals surface area contributed by atoms with Crippen molar-refractivity contribution >= 4 is 34.8 Å². The standard InChI is InChI=1S/C24H24Cl2N4O/c1-13-7-14(2)21(15(3)8-13)22-28-30(20-12-19(24(4,5)6)27-29(20)22)23(31)16-9-17(25)11-18(26)10-16/h7-12H,1-6H3. The van der Waals surface area contributed by atoms with E-state index in [1.165, 1.54) is 10.2 Å². The van der Waals surface area contributed by atoms with Crippen molar-refractivity contribution in [2.45, 2.75) is 47.0 Å². The average Bonchev–Trinajstić information content (AvgIpc) is 3.20. The summed E-state index contributed by atoms with van der Waals surface area (Å²) in [4.78, 5) is 13.4. The Bertz CT molecular complexity index is 1300. The zero-order valence-corrected chi connectivity index (χ0v) is 19.9. The Morgan fingerprint density at radius 2 is 1.45 bits per heavy atom. The summed E-state index contributed by atoms with van der Waals surface area (Å²) in [6, 6.07) is 10.9. The summed E-state index contributed by atoms with van der Waals surface area (Å²) in [7, 11) is 0. The minimum atomic E-state index is -0.316. The number of fused-ring (bicyclic) bond motifs is 1. The highest BCUT2D eigenvalue weighted by atomic mass is 35.5. The smallest absolute Gasteiger partial charge is 0.267 e. The molecule has 2 aromatic carbocycles. The third kappa shape index (κ3) is 3.88. The molecule has 0 radical (unpaired) electrons. The Morgan fingerprint density at radius 1 is 0.871 bits per heavy atom. The number of aryl methyl sites for hydroxylation is 3. The van der Waals surface area contributed by atoms with Gasteiger partial charge in [-0.1, -0.05) is 61.7 Å². The molecule has 2 heterocycles. The minimum absolute atomic E-state index is 0.187. The molecule has 4 aromatic rings. The van der Waals surface area contributed by atoms with Gasteiger partial charge in [-0.2, -0.15) is 14.3 Å². The van der Waals surface area contributed by atoms with E-state index >= 15 is 0 Å². The van der Waals surface area contributed by atoms with E-state index < -0.39 is 0 Å². The van der Waals surface area contributed by atoms with E-state index in [4.69, 9.17) is 33.4 Å². The van der Waals surface area contributed by atoms with Gasteiger partial charge in [0.05, 0.1) is 5.69 Å². The van der Waals surface area contributed by atoms with Crippen molar-refractivity contribution in [1.29, 1.82) is 0 Å². The summed E-state index contributed by atoms with van der Waals surface area (Å²) in [5, 5.41) is 10.3. The van der Waals surface area contributed by atoms with Gasteiger partial charge < -0.3 is 0 Å². The average molecular weight is 455 g/mol. The third-order valence-corrected chi connectivity index (χ3v) is 5.71. The van der Waals surface area contributed by atoms with Gasteiger partial charge in [-0.05, 0) is 50.1 Å². The van der Waals surface area contributed by atoms with Crippen molar-refractivity contribution in [3.63, 3.8) is 0 Å². The zero-order valence-electron chi connectivity index (χ0n) is 18.4. The maximum absolute atomic E-state index is 13.4. The first-order chi connectivity index (χ1) is 14.5. The number of hydrogen-bond donors (Lipinski definition) is 0. The Hall–Kier alpha value is -2.63. The van der Waals surface area contributed by atoms with Crippen LogP contribution in [0.1, 0.15) is 53.5 Å². The number of aromatic nitrogens is 4. The summed E-state index contributed by atoms with van der Waals surface area (Å²) in [5.41, 5.74) is 5.95. The Balaban J connectivity index is 2.01. The van der Waals surface area contributed by atoms with Crippen molar-refractivity contribution in [1.82, 2.24) is 19.4 Å². The summed E-state index contributed by atoms with van der Waals surface area (Å²) in [6.07, 6.45) is 0. The molecular weight excluding hydrogens is 431 g/mol. The highest BCUT2D eigenvalue weighted by molar-refractivity contribution is 6.35. The maximum atomic E-state index is 13.4. The summed E-state index contributed by atoms with van der Waals surface area (Å²) in [5.74, 6) is 0.311. The molecule has 0 atom stereocenters. The van der Waals surface area contributed by atoms with Gasteiger partial charge in [0.2, 0.25) is 0 Å². The highest BCUT2D eigenvalue weighted by Gasteiger charge is 2.26. The molecule has 0 N–H and O–H groups in total. The van der Waals surface area contributed by atoms with Crippen LogP contribution in [0.5, 0.6) is 0 Å². The molecule has 0 aliphatic carbocycles. The van der Waals surface area contributed by atoms with Crippen LogP contribution in [-0.2, 0) is 5.41 Å². The van der Waals surface area contributed by atoms with Crippen molar-refractivity contribution in [2.75, 3.05) is 0 Å². The largest absolute Gasteiger partial charge is 0.280 e. The second-order valence-corrected chi connectivity index (χ2v) is 9.89. The minimum Gasteiger partial charge on any atom is -0.267 e. The summed E-state index contributed by atoms with van der Waals surface area (Å²) < 4.78 is 3.15. The molecule has 0 saturated heterocycles. The van der Waals surface area contributed by atoms with Crippen LogP contribution in [0.4, 0.5) is 0 Å². The van der Waals surface area contributed by atoms with Crippen molar-refractivity contribution in [2.24, 2.45) is 0 Å². The van der Waals surface area contributed by atoms with Crippen LogP contribution in [0.15, 0.2) is 36.4 Å². The molecule has 7 heteroatoms. The fourth-order valence-corrected chi connectivity index (χ4v) is 4.40. The van der Waals surface area contributed by atoms with E-state index in [9.17, 15) is 4.79 Å². The van der Waals surface area contributed by atoms with E-state index in [1.54, 1.807) is 22.7 Å². The van der Waals surface area contributed by atoms with E-state index in [0.717, 1.165) is 22.4 Å². The highest BCUT2D eigenvalue weighted by Crippen LogP contribution is 2.31. The third-order valence-electron chi connectivity index (χ3n) is 5.27. The number of carbonyl (C=O) groups excluding carboxylic acids is 1. The van der Waals surface area contributed by atoms with E-state index in [2.05, 4.69) is 39.8 Å². The first kappa shape index (κ1) is 21.6. The predicted octanol–water partition coefficient (Wildman–Crippen LogP) is 6.42. The van der Waals surface area contributed by atoms with Crippen molar-refractivity contribution in [3.05, 3.63) is 74.4 Å². The van der Waals surface area contributed by atoms with Gasteiger partial charge >= 0.3 is 0 Å². The lowest BCUT2D eigenvalue weighted by Crippen LogP contribution is -2.14. The first-order valence-electron chi connectivity index (χ1n) is 10.0. The fourth-order valence-electron chi connectivity index (χ4n) is 3.87. The Labute approximate surface area is 191 Å². The van der Waals surface area contributed by atoms with Gasteiger partial charge in [0, 0.05) is 32.7 Å². The van der Waals surface area contributed by atoms with Crippen molar-refractivity contribution in [3.8, 4) is 11.4 Å². The van der Waals surface area contributed by atoms with Crippen LogP contribution < -0.4 is 0 Å². The summed E-state index contributed by atoms with van der Waals surface area (Å²) >= 11 is 12.3. The molecule has 0 unspecified atom stereocenters. The van der Waals surface area contributed by atoms with Gasteiger partial charge in [-0.15, -0.1) is 5.10 Å². The second-order valence-electron chi connectivity index (χ2n) is 9.02. The molecule has 0 aliphatic rings. The van der Waals surface area contributed by atoms with Gasteiger partial charge in [-0.3, -0.25) is 4.79 Å². The van der Waals surface area contributed by atoms with Crippen LogP contribution in [0.2, 0.25) is 10.0 Å². The molecule has 0 amide bonds. The lowest BCUT2D eigenvalue weighted by atomic mass is 9.93. The first-order valence-corrected chi connectivity index (χ1v) is 10.8. The van der Waals surface area contributed by atoms with Gasteiger partial charge in [-0.25, -0.2) is 0 Å². The van der Waals surface area contributed by atoms with Crippen LogP contribution in [0, 0.1) is 20.8 Å². The SMILES string of the molecule is Cc1cc(C)c(-c2nn(C(=O)c3cc(Cl)cc(Cl)c3)c3cc(C(C)(C)C)nn23)c(C)c1. The van der Waals surface area contributed by atoms with Crippen molar-refractivity contribution < 1.29 is 4.79 Å². The number of halogens is 2. The van der Waals surface area contributed by atoms with Crippen LogP contribution in [0.3, 0.4) is 0 Å². The van der Waals surface area contributed by atoms with Gasteiger partial charge in [0.25, 0.3) is 5.91 Å². The quantitative estimate of drug-likeness (QED) is 0.351. The molecule has 2 aromatic heterocycles. The van der Waals surface area contributed by atoms with E-state index in [0.29, 0.717) is 27.1 Å². The number of rotatable bonds is 2. The maximum Gasteiger partial charge on any atom is 0.280 e. The van der Waals surface area contributed by atoms with Crippen LogP contribution >= 0.6 is 23.2 Å². The monoisotopic (exact) mass is 454 g/mol. The molecule has 160 valence electrons. The number of benzene rings is 2. The second kappa shape index (κ2) is 7.50. The topological polar surface area (TPSA) is 52.2 Å². The molecule has 0 fully saturated rings. The molecule has 0 bridgehead atoms. The summed E-state index contributed by atoms with van der Waals surface area (Å²) in [6.45, 7) is 12.4. The molecule has 0 spiro atoms. The van der Waals surface area contributed by atoms with Gasteiger partial charge in [0.1, 0.15) is 0 Å². The molecule has 0 aliphatic heterocycles. The fraction of sp³-hybridized carbons (Fsp3) is 0.292. The zero-order chi connectivity index (χ0) is 22.7. The van der Waals surface area contributed by atoms with E-state index in [1.807, 2.05) is 19.9 Å². The number of nitrogens with zero attached hydrogens (tertiary/aromatic N) is 4.